The summed E-state index contributed by atoms with van der Waals surface area (Å²) in [6.45, 7) is 10.7. The molecule has 0 aliphatic rings. The molecule has 0 spiro atoms. The first kappa shape index (κ1) is 16.7. The van der Waals surface area contributed by atoms with E-state index in [0.29, 0.717) is 0 Å². The van der Waals surface area contributed by atoms with E-state index in [1.54, 1.807) is 0 Å². The normalized spacial score (nSPS) is 12.8. The molecule has 0 aliphatic carbocycles. The minimum absolute atomic E-state index is 0.214. The first-order valence-corrected chi connectivity index (χ1v) is 9.20. The number of halogens is 1. The van der Waals surface area contributed by atoms with Crippen LogP contribution in [0.5, 0.6) is 0 Å². The van der Waals surface area contributed by atoms with Crippen LogP contribution in [-0.4, -0.2) is 16.3 Å². The zero-order chi connectivity index (χ0) is 15.4. The van der Waals surface area contributed by atoms with E-state index in [-0.39, 0.29) is 6.04 Å². The largest absolute Gasteiger partial charge is 0.304 e. The minimum Gasteiger partial charge on any atom is -0.304 e. The van der Waals surface area contributed by atoms with Crippen molar-refractivity contribution >= 4 is 27.3 Å². The summed E-state index contributed by atoms with van der Waals surface area (Å²) in [6, 6.07) is 2.52. The molecule has 2 rings (SSSR count). The fourth-order valence-corrected chi connectivity index (χ4v) is 4.06. The number of hydrogen-bond donors (Lipinski definition) is 1. The molecule has 5 heteroatoms. The van der Waals surface area contributed by atoms with Crippen LogP contribution < -0.4 is 5.32 Å². The van der Waals surface area contributed by atoms with E-state index in [4.69, 9.17) is 0 Å². The number of thiophene rings is 1. The Morgan fingerprint density at radius 2 is 2.10 bits per heavy atom. The molecule has 0 radical (unpaired) electrons. The molecule has 1 unspecified atom stereocenters. The molecule has 116 valence electrons. The molecule has 0 saturated carbocycles. The van der Waals surface area contributed by atoms with Crippen molar-refractivity contribution < 1.29 is 0 Å². The lowest BCUT2D eigenvalue weighted by Crippen LogP contribution is -2.25. The maximum absolute atomic E-state index is 4.52. The Labute approximate surface area is 139 Å². The molecule has 1 atom stereocenters. The van der Waals surface area contributed by atoms with Crippen LogP contribution in [0.25, 0.3) is 0 Å². The lowest BCUT2D eigenvalue weighted by molar-refractivity contribution is 0.514. The molecular weight excluding hydrogens is 346 g/mol. The van der Waals surface area contributed by atoms with E-state index in [9.17, 15) is 0 Å². The Balaban J connectivity index is 2.42. The molecule has 1 N–H and O–H groups in total. The van der Waals surface area contributed by atoms with Crippen LogP contribution >= 0.6 is 27.3 Å². The summed E-state index contributed by atoms with van der Waals surface area (Å²) in [5.74, 6) is 0. The fourth-order valence-electron chi connectivity index (χ4n) is 2.41. The lowest BCUT2D eigenvalue weighted by Gasteiger charge is -2.19. The quantitative estimate of drug-likeness (QED) is 0.757. The van der Waals surface area contributed by atoms with Gasteiger partial charge in [-0.25, -0.2) is 0 Å². The van der Waals surface area contributed by atoms with Crippen LogP contribution in [0.2, 0.25) is 0 Å². The van der Waals surface area contributed by atoms with Gasteiger partial charge in [-0.05, 0) is 60.8 Å². The topological polar surface area (TPSA) is 29.9 Å². The van der Waals surface area contributed by atoms with Crippen LogP contribution in [-0.2, 0) is 6.54 Å². The van der Waals surface area contributed by atoms with Gasteiger partial charge in [-0.15, -0.1) is 11.3 Å². The van der Waals surface area contributed by atoms with Crippen molar-refractivity contribution in [2.75, 3.05) is 6.54 Å². The highest BCUT2D eigenvalue weighted by Crippen LogP contribution is 2.34. The van der Waals surface area contributed by atoms with Crippen LogP contribution in [0.3, 0.4) is 0 Å². The molecule has 0 aromatic carbocycles. The van der Waals surface area contributed by atoms with E-state index in [1.165, 1.54) is 21.0 Å². The summed E-state index contributed by atoms with van der Waals surface area (Å²) in [6.07, 6.45) is 4.13. The molecule has 2 aromatic rings. The first-order valence-electron chi connectivity index (χ1n) is 7.60. The van der Waals surface area contributed by atoms with E-state index in [2.05, 4.69) is 64.8 Å². The van der Waals surface area contributed by atoms with Crippen molar-refractivity contribution in [1.29, 1.82) is 0 Å². The molecule has 2 aromatic heterocycles. The molecule has 21 heavy (non-hydrogen) atoms. The molecule has 2 heterocycles. The van der Waals surface area contributed by atoms with Crippen LogP contribution in [0.15, 0.2) is 16.7 Å². The summed E-state index contributed by atoms with van der Waals surface area (Å²) >= 11 is 5.57. The second-order valence-electron chi connectivity index (χ2n) is 5.38. The average Bonchev–Trinajstić information content (AvgIpc) is 2.97. The zero-order valence-electron chi connectivity index (χ0n) is 13.2. The third kappa shape index (κ3) is 3.76. The summed E-state index contributed by atoms with van der Waals surface area (Å²) in [7, 11) is 0. The number of aromatic nitrogens is 2. The van der Waals surface area contributed by atoms with Gasteiger partial charge in [-0.3, -0.25) is 4.68 Å². The molecule has 0 amide bonds. The predicted octanol–water partition coefficient (Wildman–Crippen LogP) is 4.82. The summed E-state index contributed by atoms with van der Waals surface area (Å²) in [5, 5.41) is 8.21. The SMILES string of the molecule is CCCNC(c1cc(C)c(C)s1)c1c(Br)cnn1CCC. The first-order chi connectivity index (χ1) is 10.1. The van der Waals surface area contributed by atoms with Crippen molar-refractivity contribution in [2.24, 2.45) is 0 Å². The Kier molecular flexibility index (Phi) is 6.02. The maximum Gasteiger partial charge on any atom is 0.0853 e. The van der Waals surface area contributed by atoms with Crippen molar-refractivity contribution in [3.63, 3.8) is 0 Å². The predicted molar refractivity (Wildman–Crippen MR) is 94.1 cm³/mol. The molecule has 0 fully saturated rings. The Morgan fingerprint density at radius 3 is 2.67 bits per heavy atom. The highest BCUT2D eigenvalue weighted by molar-refractivity contribution is 9.10. The highest BCUT2D eigenvalue weighted by atomic mass is 79.9. The lowest BCUT2D eigenvalue weighted by atomic mass is 10.1. The van der Waals surface area contributed by atoms with Crippen molar-refractivity contribution in [3.05, 3.63) is 37.7 Å². The molecular formula is C16H24BrN3S. The number of nitrogens with one attached hydrogen (secondary N) is 1. The Hall–Kier alpha value is -0.650. The molecule has 0 saturated heterocycles. The van der Waals surface area contributed by atoms with Gasteiger partial charge in [0, 0.05) is 16.3 Å². The van der Waals surface area contributed by atoms with E-state index >= 15 is 0 Å². The van der Waals surface area contributed by atoms with Gasteiger partial charge in [0.2, 0.25) is 0 Å². The van der Waals surface area contributed by atoms with E-state index in [0.717, 1.165) is 30.4 Å². The second kappa shape index (κ2) is 7.56. The maximum atomic E-state index is 4.52. The van der Waals surface area contributed by atoms with Crippen LogP contribution in [0.1, 0.15) is 53.7 Å². The number of nitrogens with zero attached hydrogens (tertiary/aromatic N) is 2. The second-order valence-corrected chi connectivity index (χ2v) is 7.52. The monoisotopic (exact) mass is 369 g/mol. The van der Waals surface area contributed by atoms with E-state index < -0.39 is 0 Å². The summed E-state index contributed by atoms with van der Waals surface area (Å²) in [4.78, 5) is 2.77. The average molecular weight is 370 g/mol. The number of hydrogen-bond acceptors (Lipinski definition) is 3. The zero-order valence-corrected chi connectivity index (χ0v) is 15.6. The number of aryl methyl sites for hydroxylation is 3. The molecule has 0 bridgehead atoms. The van der Waals surface area contributed by atoms with Gasteiger partial charge in [0.25, 0.3) is 0 Å². The van der Waals surface area contributed by atoms with E-state index in [1.807, 2.05) is 17.5 Å². The van der Waals surface area contributed by atoms with Crippen molar-refractivity contribution in [2.45, 2.75) is 53.1 Å². The van der Waals surface area contributed by atoms with Gasteiger partial charge < -0.3 is 5.32 Å². The Morgan fingerprint density at radius 1 is 1.33 bits per heavy atom. The fraction of sp³-hybridized carbons (Fsp3) is 0.562. The van der Waals surface area contributed by atoms with Gasteiger partial charge in [-0.2, -0.15) is 5.10 Å². The van der Waals surface area contributed by atoms with Gasteiger partial charge in [-0.1, -0.05) is 13.8 Å². The van der Waals surface area contributed by atoms with Crippen molar-refractivity contribution in [3.8, 4) is 0 Å². The smallest absolute Gasteiger partial charge is 0.0853 e. The van der Waals surface area contributed by atoms with Gasteiger partial charge in [0.05, 0.1) is 22.4 Å². The Bertz CT molecular complexity index is 569. The molecule has 0 aliphatic heterocycles. The standard InChI is InChI=1S/C16H24BrN3S/c1-5-7-18-15(14-9-11(3)12(4)21-14)16-13(17)10-19-20(16)8-6-2/h9-10,15,18H,5-8H2,1-4H3. The molecule has 3 nitrogen and oxygen atoms in total. The third-order valence-corrected chi connectivity index (χ3v) is 5.44. The number of rotatable bonds is 7. The van der Waals surface area contributed by atoms with Gasteiger partial charge in [0.15, 0.2) is 0 Å². The highest BCUT2D eigenvalue weighted by Gasteiger charge is 2.23. The third-order valence-electron chi connectivity index (χ3n) is 3.61. The van der Waals surface area contributed by atoms with Crippen molar-refractivity contribution in [1.82, 2.24) is 15.1 Å². The van der Waals surface area contributed by atoms with Crippen LogP contribution in [0.4, 0.5) is 0 Å². The minimum atomic E-state index is 0.214. The summed E-state index contributed by atoms with van der Waals surface area (Å²) in [5.41, 5.74) is 2.61. The van der Waals surface area contributed by atoms with Gasteiger partial charge in [0.1, 0.15) is 0 Å². The summed E-state index contributed by atoms with van der Waals surface area (Å²) < 4.78 is 3.22. The van der Waals surface area contributed by atoms with Gasteiger partial charge >= 0.3 is 0 Å². The van der Waals surface area contributed by atoms with Crippen LogP contribution in [0, 0.1) is 13.8 Å².